The molecule has 3 aromatic rings. The molecule has 0 heterocycles. The molecule has 0 aromatic heterocycles. The predicted molar refractivity (Wildman–Crippen MR) is 170 cm³/mol. The minimum atomic E-state index is -4.36. The Morgan fingerprint density at radius 3 is 2.32 bits per heavy atom. The van der Waals surface area contributed by atoms with E-state index in [-0.39, 0.29) is 65.4 Å². The number of rotatable bonds is 15. The van der Waals surface area contributed by atoms with Gasteiger partial charge in [0.15, 0.2) is 0 Å². The zero-order valence-corrected chi connectivity index (χ0v) is 26.4. The third kappa shape index (κ3) is 9.63. The van der Waals surface area contributed by atoms with E-state index in [1.54, 1.807) is 6.07 Å². The molecule has 3 rings (SSSR count). The van der Waals surface area contributed by atoms with Crippen molar-refractivity contribution < 1.29 is 32.3 Å². The summed E-state index contributed by atoms with van der Waals surface area (Å²) in [5.41, 5.74) is 1.63. The van der Waals surface area contributed by atoms with Crippen molar-refractivity contribution >= 4 is 40.4 Å². The second-order valence-electron chi connectivity index (χ2n) is 10.4. The van der Waals surface area contributed by atoms with E-state index in [2.05, 4.69) is 17.9 Å². The predicted octanol–water partition coefficient (Wildman–Crippen LogP) is 3.71. The molecule has 0 aliphatic carbocycles. The molecule has 0 fully saturated rings. The van der Waals surface area contributed by atoms with Gasteiger partial charge in [-0.1, -0.05) is 67.6 Å². The zero-order valence-electron chi connectivity index (χ0n) is 24.7. The number of aliphatic hydroxyl groups is 1. The van der Waals surface area contributed by atoms with Crippen LogP contribution in [0, 0.1) is 11.7 Å². The molecule has 12 heteroatoms. The van der Waals surface area contributed by atoms with E-state index in [1.807, 2.05) is 42.0 Å². The minimum Gasteiger partial charge on any atom is -0.384 e. The van der Waals surface area contributed by atoms with Gasteiger partial charge in [-0.05, 0) is 43.0 Å². The molecule has 0 spiro atoms. The molecule has 2 unspecified atom stereocenters. The fourth-order valence-corrected chi connectivity index (χ4v) is 6.10. The van der Waals surface area contributed by atoms with Gasteiger partial charge in [0.2, 0.25) is 11.8 Å². The highest BCUT2D eigenvalue weighted by Gasteiger charge is 2.24. The summed E-state index contributed by atoms with van der Waals surface area (Å²) in [6, 6.07) is 19.6. The molecule has 2 atom stereocenters. The number of amides is 3. The average molecular weight is 644 g/mol. The monoisotopic (exact) mass is 643 g/mol. The first kappa shape index (κ1) is 34.7. The Hall–Kier alpha value is -3.74. The van der Waals surface area contributed by atoms with Crippen LogP contribution >= 0.6 is 12.6 Å². The summed E-state index contributed by atoms with van der Waals surface area (Å²) < 4.78 is 43.0. The van der Waals surface area contributed by atoms with Gasteiger partial charge in [0.05, 0.1) is 10.8 Å². The van der Waals surface area contributed by atoms with Crippen molar-refractivity contribution in [1.82, 2.24) is 14.9 Å². The Bertz CT molecular complexity index is 1550. The number of nitrogens with zero attached hydrogens (tertiary/aromatic N) is 1. The second-order valence-corrected chi connectivity index (χ2v) is 12.4. The zero-order chi connectivity index (χ0) is 32.3. The van der Waals surface area contributed by atoms with Crippen LogP contribution in [0.5, 0.6) is 0 Å². The summed E-state index contributed by atoms with van der Waals surface area (Å²) in [5.74, 6) is -2.11. The standard InChI is InChI=1S/C32H38FN3O6S2/c1-3-9-30(38)36(17-16-34-32(40)26(21-43)18-23-10-5-4-6-11-23)20-25-15-14-24(19-28(25)33)27-12-7-8-13-29(27)44(41,42)35-31(39)22(2)37/h4-8,10-15,19,22,26,37,43H,3,9,16-18,20-21H2,1-2H3,(H,34,40)(H,35,39). The van der Waals surface area contributed by atoms with E-state index in [9.17, 15) is 27.9 Å². The van der Waals surface area contributed by atoms with Crippen LogP contribution in [0.1, 0.15) is 37.8 Å². The van der Waals surface area contributed by atoms with Gasteiger partial charge in [-0.3, -0.25) is 14.4 Å². The Kier molecular flexibility index (Phi) is 12.9. The van der Waals surface area contributed by atoms with Crippen molar-refractivity contribution in [3.8, 4) is 11.1 Å². The summed E-state index contributed by atoms with van der Waals surface area (Å²) in [6.45, 7) is 3.30. The average Bonchev–Trinajstić information content (AvgIpc) is 3.00. The van der Waals surface area contributed by atoms with Crippen molar-refractivity contribution in [2.45, 2.75) is 50.7 Å². The molecular weight excluding hydrogens is 605 g/mol. The van der Waals surface area contributed by atoms with Crippen molar-refractivity contribution in [3.05, 3.63) is 89.7 Å². The van der Waals surface area contributed by atoms with Gasteiger partial charge >= 0.3 is 0 Å². The van der Waals surface area contributed by atoms with Crippen molar-refractivity contribution in [2.75, 3.05) is 18.8 Å². The Morgan fingerprint density at radius 2 is 1.68 bits per heavy atom. The number of thiol groups is 1. The molecule has 0 aliphatic rings. The van der Waals surface area contributed by atoms with E-state index in [4.69, 9.17) is 0 Å². The first-order chi connectivity index (χ1) is 21.0. The summed E-state index contributed by atoms with van der Waals surface area (Å²) in [4.78, 5) is 38.8. The molecule has 3 amide bonds. The SMILES string of the molecule is CCCC(=O)N(CCNC(=O)C(CS)Cc1ccccc1)Cc1ccc(-c2ccccc2S(=O)(=O)NC(=O)C(C)O)cc1F. The molecule has 0 radical (unpaired) electrons. The van der Waals surface area contributed by atoms with Gasteiger partial charge in [-0.2, -0.15) is 12.6 Å². The van der Waals surface area contributed by atoms with Crippen LogP contribution < -0.4 is 10.0 Å². The van der Waals surface area contributed by atoms with Crippen LogP contribution in [0.2, 0.25) is 0 Å². The molecule has 236 valence electrons. The lowest BCUT2D eigenvalue weighted by Gasteiger charge is -2.24. The normalized spacial score (nSPS) is 12.7. The van der Waals surface area contributed by atoms with Crippen molar-refractivity contribution in [2.24, 2.45) is 5.92 Å². The molecule has 0 saturated carbocycles. The van der Waals surface area contributed by atoms with Crippen LogP contribution in [-0.2, 0) is 37.4 Å². The molecule has 44 heavy (non-hydrogen) atoms. The van der Waals surface area contributed by atoms with Gasteiger partial charge in [0.25, 0.3) is 15.9 Å². The summed E-state index contributed by atoms with van der Waals surface area (Å²) in [5, 5.41) is 12.3. The summed E-state index contributed by atoms with van der Waals surface area (Å²) in [6.07, 6.45) is -0.161. The van der Waals surface area contributed by atoms with Gasteiger partial charge in [0.1, 0.15) is 11.9 Å². The molecular formula is C32H38FN3O6S2. The van der Waals surface area contributed by atoms with Gasteiger partial charge < -0.3 is 15.3 Å². The highest BCUT2D eigenvalue weighted by Crippen LogP contribution is 2.29. The third-order valence-electron chi connectivity index (χ3n) is 6.93. The summed E-state index contributed by atoms with van der Waals surface area (Å²) in [7, 11) is -4.36. The molecule has 3 N–H and O–H groups in total. The Morgan fingerprint density at radius 1 is 1.00 bits per heavy atom. The fraction of sp³-hybridized carbons (Fsp3) is 0.344. The number of carbonyl (C=O) groups is 3. The lowest BCUT2D eigenvalue weighted by atomic mass is 10.0. The van der Waals surface area contributed by atoms with E-state index < -0.39 is 27.9 Å². The molecule has 0 bridgehead atoms. The lowest BCUT2D eigenvalue weighted by molar-refractivity contribution is -0.132. The first-order valence-electron chi connectivity index (χ1n) is 14.3. The van der Waals surface area contributed by atoms with E-state index in [1.165, 1.54) is 41.3 Å². The first-order valence-corrected chi connectivity index (χ1v) is 16.4. The minimum absolute atomic E-state index is 0.0504. The molecule has 0 saturated heterocycles. The highest BCUT2D eigenvalue weighted by molar-refractivity contribution is 7.90. The maximum absolute atomic E-state index is 15.4. The molecule has 0 aliphatic heterocycles. The van der Waals surface area contributed by atoms with Crippen molar-refractivity contribution in [3.63, 3.8) is 0 Å². The maximum Gasteiger partial charge on any atom is 0.264 e. The number of benzene rings is 3. The van der Waals surface area contributed by atoms with Gasteiger partial charge in [-0.15, -0.1) is 0 Å². The van der Waals surface area contributed by atoms with Gasteiger partial charge in [0, 0.05) is 42.9 Å². The third-order valence-corrected chi connectivity index (χ3v) is 8.78. The number of hydrogen-bond donors (Lipinski definition) is 4. The molecule has 9 nitrogen and oxygen atoms in total. The number of nitrogens with one attached hydrogen (secondary N) is 2. The largest absolute Gasteiger partial charge is 0.384 e. The Labute approximate surface area is 263 Å². The number of aliphatic hydroxyl groups excluding tert-OH is 1. The van der Waals surface area contributed by atoms with Crippen molar-refractivity contribution in [1.29, 1.82) is 0 Å². The van der Waals surface area contributed by atoms with E-state index in [0.717, 1.165) is 12.5 Å². The van der Waals surface area contributed by atoms with Crippen LogP contribution in [0.15, 0.2) is 77.7 Å². The van der Waals surface area contributed by atoms with Crippen LogP contribution in [0.4, 0.5) is 4.39 Å². The smallest absolute Gasteiger partial charge is 0.264 e. The number of hydrogen-bond acceptors (Lipinski definition) is 7. The maximum atomic E-state index is 15.4. The molecule has 3 aromatic carbocycles. The number of halogens is 1. The van der Waals surface area contributed by atoms with Crippen LogP contribution in [0.25, 0.3) is 11.1 Å². The summed E-state index contributed by atoms with van der Waals surface area (Å²) >= 11 is 4.34. The Balaban J connectivity index is 1.74. The number of sulfonamides is 1. The fourth-order valence-electron chi connectivity index (χ4n) is 4.52. The number of carbonyl (C=O) groups excluding carboxylic acids is 3. The van der Waals surface area contributed by atoms with Gasteiger partial charge in [-0.25, -0.2) is 17.5 Å². The lowest BCUT2D eigenvalue weighted by Crippen LogP contribution is -2.40. The second kappa shape index (κ2) is 16.4. The topological polar surface area (TPSA) is 133 Å². The van der Waals surface area contributed by atoms with Crippen LogP contribution in [0.3, 0.4) is 0 Å². The van der Waals surface area contributed by atoms with Crippen LogP contribution in [-0.4, -0.2) is 61.1 Å². The van der Waals surface area contributed by atoms with E-state index >= 15 is 4.39 Å². The highest BCUT2D eigenvalue weighted by atomic mass is 32.2. The quantitative estimate of drug-likeness (QED) is 0.187. The van der Waals surface area contributed by atoms with E-state index in [0.29, 0.717) is 18.6 Å².